The summed E-state index contributed by atoms with van der Waals surface area (Å²) in [5.41, 5.74) is 3.04. The van der Waals surface area contributed by atoms with Gasteiger partial charge < -0.3 is 20.6 Å². The van der Waals surface area contributed by atoms with Crippen molar-refractivity contribution in [1.29, 1.82) is 0 Å². The van der Waals surface area contributed by atoms with Crippen LogP contribution in [0.15, 0.2) is 54.7 Å². The van der Waals surface area contributed by atoms with Gasteiger partial charge in [-0.2, -0.15) is 0 Å². The van der Waals surface area contributed by atoms with Gasteiger partial charge in [-0.15, -0.1) is 0 Å². The number of carbonyl (C=O) groups is 4. The fraction of sp³-hybridized carbons (Fsp3) is 0.250. The predicted octanol–water partition coefficient (Wildman–Crippen LogP) is 1.81. The molecule has 0 fully saturated rings. The number of benzene rings is 2. The van der Waals surface area contributed by atoms with Crippen LogP contribution in [0.5, 0.6) is 0 Å². The number of amides is 3. The molecule has 2 aromatic rings. The molecule has 0 spiro atoms. The summed E-state index contributed by atoms with van der Waals surface area (Å²) < 4.78 is 13.6. The van der Waals surface area contributed by atoms with Crippen LogP contribution in [0.4, 0.5) is 9.18 Å². The van der Waals surface area contributed by atoms with Crippen LogP contribution < -0.4 is 10.6 Å². The van der Waals surface area contributed by atoms with Crippen molar-refractivity contribution in [2.24, 2.45) is 0 Å². The Kier molecular flexibility index (Phi) is 9.55. The fourth-order valence-corrected chi connectivity index (χ4v) is 3.54. The van der Waals surface area contributed by atoms with Crippen LogP contribution in [0, 0.1) is 12.7 Å². The Labute approximate surface area is 218 Å². The Balaban J connectivity index is 0.00000408. The zero-order valence-corrected chi connectivity index (χ0v) is 18.2. The van der Waals surface area contributed by atoms with Gasteiger partial charge >= 0.3 is 41.6 Å². The van der Waals surface area contributed by atoms with Crippen molar-refractivity contribution in [3.63, 3.8) is 0 Å². The Morgan fingerprint density at radius 1 is 1.18 bits per heavy atom. The number of ketones is 1. The van der Waals surface area contributed by atoms with E-state index < -0.39 is 42.2 Å². The molecule has 0 bridgehead atoms. The summed E-state index contributed by atoms with van der Waals surface area (Å²) in [6, 6.07) is 8.34. The number of hydrogen-bond donors (Lipinski definition) is 3. The molecule has 174 valence electrons. The SMILES string of the molecule is Cc1ccc(F)cc1Cc1cccc([C@H](CC(=O)O)NC(=O)NC2C(=O)C=CN(C)C2=O)c1.[NaH]. The number of aryl methyl sites for hydroxylation is 1. The van der Waals surface area contributed by atoms with Gasteiger partial charge in [-0.1, -0.05) is 30.3 Å². The van der Waals surface area contributed by atoms with E-state index in [0.717, 1.165) is 16.7 Å². The van der Waals surface area contributed by atoms with Crippen molar-refractivity contribution in [3.8, 4) is 0 Å². The van der Waals surface area contributed by atoms with E-state index in [4.69, 9.17) is 0 Å². The molecule has 1 heterocycles. The molecular weight excluding hydrogens is 452 g/mol. The van der Waals surface area contributed by atoms with E-state index in [1.54, 1.807) is 24.3 Å². The maximum atomic E-state index is 13.6. The zero-order chi connectivity index (χ0) is 24.1. The summed E-state index contributed by atoms with van der Waals surface area (Å²) in [7, 11) is 1.46. The topological polar surface area (TPSA) is 116 Å². The summed E-state index contributed by atoms with van der Waals surface area (Å²) in [5, 5.41) is 14.2. The molecule has 34 heavy (non-hydrogen) atoms. The molecule has 0 aliphatic carbocycles. The first-order chi connectivity index (χ1) is 15.6. The van der Waals surface area contributed by atoms with Gasteiger partial charge in [0, 0.05) is 19.3 Å². The van der Waals surface area contributed by atoms with E-state index in [-0.39, 0.29) is 35.4 Å². The number of urea groups is 1. The molecule has 0 saturated heterocycles. The third-order valence-electron chi connectivity index (χ3n) is 5.36. The summed E-state index contributed by atoms with van der Waals surface area (Å²) >= 11 is 0. The van der Waals surface area contributed by atoms with Gasteiger partial charge in [0.1, 0.15) is 5.82 Å². The standard InChI is InChI=1S/C24H24FN3O5.Na.H/c1-14-6-7-18(25)12-17(14)11-15-4-3-5-16(10-15)19(13-21(30)31)26-24(33)27-22-20(29)8-9-28(2)23(22)32;;/h3-10,12,19,22H,11,13H2,1-2H3,(H,30,31)(H2,26,27,33);;/t19-,22?;;/m0../s1. The van der Waals surface area contributed by atoms with Crippen molar-refractivity contribution in [2.75, 3.05) is 7.05 Å². The van der Waals surface area contributed by atoms with Crippen molar-refractivity contribution in [2.45, 2.75) is 31.8 Å². The molecule has 8 nitrogen and oxygen atoms in total. The molecule has 10 heteroatoms. The number of carboxylic acids is 1. The first-order valence-corrected chi connectivity index (χ1v) is 10.3. The molecule has 3 amide bonds. The average molecular weight is 477 g/mol. The molecule has 3 N–H and O–H groups in total. The van der Waals surface area contributed by atoms with Gasteiger partial charge in [0.15, 0.2) is 11.8 Å². The normalized spacial score (nSPS) is 16.0. The summed E-state index contributed by atoms with van der Waals surface area (Å²) in [5.74, 6) is -2.66. The van der Waals surface area contributed by atoms with Crippen LogP contribution in [-0.2, 0) is 20.8 Å². The molecule has 2 atom stereocenters. The minimum atomic E-state index is -1.38. The van der Waals surface area contributed by atoms with E-state index in [1.807, 2.05) is 13.0 Å². The third-order valence-corrected chi connectivity index (χ3v) is 5.36. The van der Waals surface area contributed by atoms with Gasteiger partial charge in [0.2, 0.25) is 0 Å². The zero-order valence-electron chi connectivity index (χ0n) is 18.2. The van der Waals surface area contributed by atoms with E-state index in [9.17, 15) is 28.7 Å². The van der Waals surface area contributed by atoms with Crippen LogP contribution in [0.3, 0.4) is 0 Å². The second-order valence-corrected chi connectivity index (χ2v) is 7.86. The number of nitrogens with one attached hydrogen (secondary N) is 2. The first kappa shape index (κ1) is 27.2. The third kappa shape index (κ3) is 6.99. The molecule has 1 aliphatic heterocycles. The van der Waals surface area contributed by atoms with Crippen LogP contribution >= 0.6 is 0 Å². The predicted molar refractivity (Wildman–Crippen MR) is 125 cm³/mol. The van der Waals surface area contributed by atoms with E-state index in [2.05, 4.69) is 10.6 Å². The molecule has 0 radical (unpaired) electrons. The second-order valence-electron chi connectivity index (χ2n) is 7.86. The molecular formula is C24H25FN3NaO5. The molecule has 1 unspecified atom stereocenters. The Bertz CT molecular complexity index is 1140. The molecule has 0 aromatic heterocycles. The van der Waals surface area contributed by atoms with Gasteiger partial charge in [-0.3, -0.25) is 14.4 Å². The summed E-state index contributed by atoms with van der Waals surface area (Å²) in [6.07, 6.45) is 2.49. The van der Waals surface area contributed by atoms with Crippen LogP contribution in [0.1, 0.15) is 34.7 Å². The molecule has 3 rings (SSSR count). The number of rotatable bonds is 7. The van der Waals surface area contributed by atoms with Crippen LogP contribution in [-0.4, -0.2) is 76.3 Å². The molecule has 2 aromatic carbocycles. The Morgan fingerprint density at radius 3 is 2.62 bits per heavy atom. The van der Waals surface area contributed by atoms with Crippen LogP contribution in [0.2, 0.25) is 0 Å². The number of likely N-dealkylation sites (N-methyl/N-ethyl adjacent to an activating group) is 1. The maximum absolute atomic E-state index is 13.6. The quantitative estimate of drug-likeness (QED) is 0.416. The number of carboxylic acid groups (broad SMARTS) is 1. The first-order valence-electron chi connectivity index (χ1n) is 10.3. The molecule has 0 saturated carbocycles. The van der Waals surface area contributed by atoms with Crippen molar-refractivity contribution in [3.05, 3.63) is 82.8 Å². The number of carbonyl (C=O) groups excluding carboxylic acids is 3. The van der Waals surface area contributed by atoms with Gasteiger partial charge in [-0.25, -0.2) is 9.18 Å². The van der Waals surface area contributed by atoms with Gasteiger partial charge in [0.05, 0.1) is 12.5 Å². The Hall–Kier alpha value is -3.01. The van der Waals surface area contributed by atoms with Crippen LogP contribution in [0.25, 0.3) is 0 Å². The molecule has 1 aliphatic rings. The van der Waals surface area contributed by atoms with Gasteiger partial charge in [0.25, 0.3) is 5.91 Å². The van der Waals surface area contributed by atoms with E-state index in [0.29, 0.717) is 12.0 Å². The fourth-order valence-electron chi connectivity index (χ4n) is 3.54. The summed E-state index contributed by atoms with van der Waals surface area (Å²) in [4.78, 5) is 49.3. The Morgan fingerprint density at radius 2 is 1.91 bits per heavy atom. The van der Waals surface area contributed by atoms with E-state index in [1.165, 1.54) is 36.4 Å². The van der Waals surface area contributed by atoms with Crippen molar-refractivity contribution < 1.29 is 28.7 Å². The number of hydrogen-bond acceptors (Lipinski definition) is 4. The average Bonchev–Trinajstić information content (AvgIpc) is 2.76. The summed E-state index contributed by atoms with van der Waals surface area (Å²) in [6.45, 7) is 1.87. The monoisotopic (exact) mass is 477 g/mol. The second kappa shape index (κ2) is 11.9. The van der Waals surface area contributed by atoms with Gasteiger partial charge in [-0.05, 0) is 47.7 Å². The number of nitrogens with zero attached hydrogens (tertiary/aromatic N) is 1. The van der Waals surface area contributed by atoms with E-state index >= 15 is 0 Å². The number of halogens is 1. The number of aliphatic carboxylic acids is 1. The minimum absolute atomic E-state index is 0. The van der Waals surface area contributed by atoms with Crippen molar-refractivity contribution in [1.82, 2.24) is 15.5 Å². The van der Waals surface area contributed by atoms with Crippen molar-refractivity contribution >= 4 is 53.2 Å².